The van der Waals surface area contributed by atoms with E-state index in [1.807, 2.05) is 29.1 Å². The number of hydrogen-bond donors (Lipinski definition) is 3. The van der Waals surface area contributed by atoms with Crippen LogP contribution in [0.3, 0.4) is 0 Å². The van der Waals surface area contributed by atoms with Crippen LogP contribution in [0, 0.1) is 0 Å². The van der Waals surface area contributed by atoms with Crippen LogP contribution in [0.2, 0.25) is 0 Å². The Kier molecular flexibility index (Phi) is 3.57. The summed E-state index contributed by atoms with van der Waals surface area (Å²) in [5.74, 6) is 0.428. The summed E-state index contributed by atoms with van der Waals surface area (Å²) in [5, 5.41) is 7.36. The van der Waals surface area contributed by atoms with Gasteiger partial charge in [-0.25, -0.2) is 0 Å². The summed E-state index contributed by atoms with van der Waals surface area (Å²) >= 11 is 0. The van der Waals surface area contributed by atoms with E-state index >= 15 is 0 Å². The highest BCUT2D eigenvalue weighted by Gasteiger charge is 2.10. The molecule has 0 amide bonds. The van der Waals surface area contributed by atoms with Crippen molar-refractivity contribution in [3.8, 4) is 0 Å². The number of aromatic nitrogens is 5. The average Bonchev–Trinajstić information content (AvgIpc) is 2.95. The van der Waals surface area contributed by atoms with Gasteiger partial charge in [0.15, 0.2) is 0 Å². The first-order chi connectivity index (χ1) is 10.6. The third kappa shape index (κ3) is 2.95. The maximum Gasteiger partial charge on any atom is 0.233 e. The Labute approximate surface area is 127 Å². The van der Waals surface area contributed by atoms with E-state index in [-0.39, 0.29) is 23.9 Å². The maximum absolute atomic E-state index is 5.54. The molecule has 22 heavy (non-hydrogen) atoms. The van der Waals surface area contributed by atoms with Crippen molar-refractivity contribution in [2.75, 3.05) is 16.8 Å². The summed E-state index contributed by atoms with van der Waals surface area (Å²) in [7, 11) is 0. The fraction of sp³-hybridized carbons (Fsp3) is 0.143. The van der Waals surface area contributed by atoms with Gasteiger partial charge in [0.2, 0.25) is 17.8 Å². The van der Waals surface area contributed by atoms with Gasteiger partial charge >= 0.3 is 0 Å². The van der Waals surface area contributed by atoms with Gasteiger partial charge in [0.25, 0.3) is 0 Å². The van der Waals surface area contributed by atoms with E-state index in [4.69, 9.17) is 11.5 Å². The second-order valence-corrected chi connectivity index (χ2v) is 4.80. The fourth-order valence-electron chi connectivity index (χ4n) is 2.09. The average molecular weight is 296 g/mol. The molecule has 2 aromatic heterocycles. The molecule has 1 atom stereocenters. The maximum atomic E-state index is 5.54. The van der Waals surface area contributed by atoms with Gasteiger partial charge in [0.05, 0.1) is 17.9 Å². The van der Waals surface area contributed by atoms with Crippen molar-refractivity contribution in [3.63, 3.8) is 0 Å². The zero-order chi connectivity index (χ0) is 15.5. The number of nitrogens with one attached hydrogen (secondary N) is 1. The minimum atomic E-state index is 0.0695. The molecule has 3 aromatic rings. The van der Waals surface area contributed by atoms with Crippen LogP contribution in [-0.2, 0) is 0 Å². The topological polar surface area (TPSA) is 121 Å². The Morgan fingerprint density at radius 3 is 2.41 bits per heavy atom. The molecule has 2 heterocycles. The molecule has 0 bridgehead atoms. The van der Waals surface area contributed by atoms with Gasteiger partial charge in [-0.2, -0.15) is 20.1 Å². The summed E-state index contributed by atoms with van der Waals surface area (Å²) in [4.78, 5) is 11.7. The quantitative estimate of drug-likeness (QED) is 0.668. The van der Waals surface area contributed by atoms with Crippen molar-refractivity contribution < 1.29 is 0 Å². The van der Waals surface area contributed by atoms with Crippen LogP contribution in [-0.4, -0.2) is 24.7 Å². The minimum Gasteiger partial charge on any atom is -0.368 e. The molecule has 8 heteroatoms. The monoisotopic (exact) mass is 296 g/mol. The molecule has 0 saturated heterocycles. The van der Waals surface area contributed by atoms with Crippen LogP contribution in [0.15, 0.2) is 42.7 Å². The van der Waals surface area contributed by atoms with Crippen molar-refractivity contribution in [1.29, 1.82) is 0 Å². The van der Waals surface area contributed by atoms with Crippen molar-refractivity contribution in [2.24, 2.45) is 0 Å². The zero-order valence-corrected chi connectivity index (χ0v) is 12.0. The molecule has 0 radical (unpaired) electrons. The lowest BCUT2D eigenvalue weighted by Gasteiger charge is -2.12. The first-order valence-corrected chi connectivity index (χ1v) is 6.75. The number of benzene rings is 1. The zero-order valence-electron chi connectivity index (χ0n) is 12.0. The molecule has 0 aliphatic carbocycles. The second kappa shape index (κ2) is 5.68. The van der Waals surface area contributed by atoms with E-state index in [1.165, 1.54) is 5.56 Å². The molecule has 3 rings (SSSR count). The minimum absolute atomic E-state index is 0.0695. The predicted molar refractivity (Wildman–Crippen MR) is 84.4 cm³/mol. The van der Waals surface area contributed by atoms with Gasteiger partial charge in [-0.1, -0.05) is 30.3 Å². The number of hydrogen-bond acceptors (Lipinski definition) is 7. The van der Waals surface area contributed by atoms with Gasteiger partial charge in [-0.3, -0.25) is 4.68 Å². The molecule has 0 saturated carbocycles. The lowest BCUT2D eigenvalue weighted by molar-refractivity contribution is 0.565. The summed E-state index contributed by atoms with van der Waals surface area (Å²) in [6.45, 7) is 2.07. The molecule has 0 aliphatic heterocycles. The summed E-state index contributed by atoms with van der Waals surface area (Å²) < 4.78 is 1.85. The molecular weight excluding hydrogens is 280 g/mol. The number of rotatable bonds is 4. The standard InChI is InChI=1S/C14H16N8/c1-9(10-5-3-2-4-6-10)22-8-11(7-17-22)18-14-20-12(15)19-13(16)21-14/h2-9H,1H3,(H5,15,16,18,19,20,21). The van der Waals surface area contributed by atoms with Crippen LogP contribution < -0.4 is 16.8 Å². The fourth-order valence-corrected chi connectivity index (χ4v) is 2.09. The third-order valence-electron chi connectivity index (χ3n) is 3.21. The van der Waals surface area contributed by atoms with Gasteiger partial charge in [0.1, 0.15) is 0 Å². The summed E-state index contributed by atoms with van der Waals surface area (Å²) in [6.07, 6.45) is 3.56. The number of nitrogens with two attached hydrogens (primary N) is 2. The summed E-state index contributed by atoms with van der Waals surface area (Å²) in [6, 6.07) is 10.2. The highest BCUT2D eigenvalue weighted by Crippen LogP contribution is 2.20. The van der Waals surface area contributed by atoms with E-state index in [9.17, 15) is 0 Å². The SMILES string of the molecule is CC(c1ccccc1)n1cc(Nc2nc(N)nc(N)n2)cn1. The molecule has 0 aliphatic rings. The van der Waals surface area contributed by atoms with Crippen LogP contribution >= 0.6 is 0 Å². The van der Waals surface area contributed by atoms with Crippen molar-refractivity contribution in [1.82, 2.24) is 24.7 Å². The summed E-state index contributed by atoms with van der Waals surface area (Å²) in [5.41, 5.74) is 13.0. The lowest BCUT2D eigenvalue weighted by Crippen LogP contribution is -2.07. The Hall–Kier alpha value is -3.16. The van der Waals surface area contributed by atoms with E-state index in [0.29, 0.717) is 0 Å². The molecule has 8 nitrogen and oxygen atoms in total. The first-order valence-electron chi connectivity index (χ1n) is 6.75. The predicted octanol–water partition coefficient (Wildman–Crippen LogP) is 1.59. The van der Waals surface area contributed by atoms with Gasteiger partial charge in [-0.05, 0) is 12.5 Å². The van der Waals surface area contributed by atoms with Crippen molar-refractivity contribution >= 4 is 23.5 Å². The van der Waals surface area contributed by atoms with Crippen molar-refractivity contribution in [2.45, 2.75) is 13.0 Å². The Bertz CT molecular complexity index is 747. The van der Waals surface area contributed by atoms with E-state index in [0.717, 1.165) is 5.69 Å². The molecule has 5 N–H and O–H groups in total. The number of nitrogens with zero attached hydrogens (tertiary/aromatic N) is 5. The van der Waals surface area contributed by atoms with E-state index in [2.05, 4.69) is 44.4 Å². The Balaban J connectivity index is 1.79. The molecular formula is C14H16N8. The molecule has 0 spiro atoms. The van der Waals surface area contributed by atoms with Crippen LogP contribution in [0.1, 0.15) is 18.5 Å². The highest BCUT2D eigenvalue weighted by atomic mass is 15.3. The second-order valence-electron chi connectivity index (χ2n) is 4.80. The molecule has 0 fully saturated rings. The Morgan fingerprint density at radius 2 is 1.73 bits per heavy atom. The largest absolute Gasteiger partial charge is 0.368 e. The number of nitrogen functional groups attached to an aromatic ring is 2. The van der Waals surface area contributed by atoms with Gasteiger partial charge in [-0.15, -0.1) is 0 Å². The van der Waals surface area contributed by atoms with Crippen LogP contribution in [0.4, 0.5) is 23.5 Å². The van der Waals surface area contributed by atoms with Crippen molar-refractivity contribution in [3.05, 3.63) is 48.3 Å². The molecule has 1 aromatic carbocycles. The van der Waals surface area contributed by atoms with E-state index < -0.39 is 0 Å². The third-order valence-corrected chi connectivity index (χ3v) is 3.21. The smallest absolute Gasteiger partial charge is 0.233 e. The normalized spacial score (nSPS) is 12.0. The highest BCUT2D eigenvalue weighted by molar-refractivity contribution is 5.52. The first kappa shape index (κ1) is 13.8. The lowest BCUT2D eigenvalue weighted by atomic mass is 10.1. The van der Waals surface area contributed by atoms with Crippen LogP contribution in [0.25, 0.3) is 0 Å². The van der Waals surface area contributed by atoms with Gasteiger partial charge < -0.3 is 16.8 Å². The Morgan fingerprint density at radius 1 is 1.05 bits per heavy atom. The number of anilines is 4. The molecule has 1 unspecified atom stereocenters. The van der Waals surface area contributed by atoms with Gasteiger partial charge in [0, 0.05) is 6.20 Å². The van der Waals surface area contributed by atoms with Crippen LogP contribution in [0.5, 0.6) is 0 Å². The van der Waals surface area contributed by atoms with E-state index in [1.54, 1.807) is 6.20 Å². The molecule has 112 valence electrons.